The summed E-state index contributed by atoms with van der Waals surface area (Å²) in [5, 5.41) is 8.89. The Morgan fingerprint density at radius 2 is 1.83 bits per heavy atom. The zero-order valence-corrected chi connectivity index (χ0v) is 14.9. The summed E-state index contributed by atoms with van der Waals surface area (Å²) >= 11 is 3.01. The van der Waals surface area contributed by atoms with Gasteiger partial charge in [0.2, 0.25) is 10.0 Å². The van der Waals surface area contributed by atoms with Crippen LogP contribution in [0.15, 0.2) is 27.6 Å². The number of sulfonamides is 1. The van der Waals surface area contributed by atoms with Gasteiger partial charge in [-0.2, -0.15) is 4.31 Å². The molecule has 1 aliphatic rings. The van der Waals surface area contributed by atoms with Gasteiger partial charge in [0, 0.05) is 37.2 Å². The molecule has 0 saturated carbocycles. The SMILES string of the molecule is O=S(=O)(c1ccc(Br)cc1OC(F)(F)F)N1CCN(CCO)CC1. The second-order valence-electron chi connectivity index (χ2n) is 5.11. The van der Waals surface area contributed by atoms with E-state index in [1.54, 1.807) is 0 Å². The van der Waals surface area contributed by atoms with Crippen LogP contribution in [0.4, 0.5) is 13.2 Å². The molecule has 0 atom stereocenters. The van der Waals surface area contributed by atoms with Crippen LogP contribution in [0.5, 0.6) is 5.75 Å². The average Bonchev–Trinajstić information content (AvgIpc) is 2.46. The molecule has 6 nitrogen and oxygen atoms in total. The molecule has 24 heavy (non-hydrogen) atoms. The first-order valence-corrected chi connectivity index (χ1v) is 9.25. The number of aliphatic hydroxyl groups is 1. The topological polar surface area (TPSA) is 70.1 Å². The minimum Gasteiger partial charge on any atom is -0.404 e. The van der Waals surface area contributed by atoms with Gasteiger partial charge in [-0.3, -0.25) is 4.90 Å². The summed E-state index contributed by atoms with van der Waals surface area (Å²) in [5.74, 6) is -0.769. The molecule has 0 amide bonds. The smallest absolute Gasteiger partial charge is 0.404 e. The van der Waals surface area contributed by atoms with Gasteiger partial charge in [0.05, 0.1) is 6.61 Å². The number of benzene rings is 1. The summed E-state index contributed by atoms with van der Waals surface area (Å²) in [6, 6.07) is 3.40. The molecule has 11 heteroatoms. The van der Waals surface area contributed by atoms with E-state index in [-0.39, 0.29) is 24.2 Å². The standard InChI is InChI=1S/C13H16BrF3N2O4S/c14-10-1-2-12(11(9-10)23-13(15,16)17)24(21,22)19-5-3-18(4-6-19)7-8-20/h1-2,9,20H,3-8H2. The van der Waals surface area contributed by atoms with Crippen LogP contribution in [-0.4, -0.2) is 68.4 Å². The number of ether oxygens (including phenoxy) is 1. The number of hydrogen-bond acceptors (Lipinski definition) is 5. The number of β-amino-alcohol motifs (C(OH)–C–C–N with tert-alkyl or cyclic N) is 1. The predicted molar refractivity (Wildman–Crippen MR) is 83.1 cm³/mol. The van der Waals surface area contributed by atoms with Crippen LogP contribution in [-0.2, 0) is 10.0 Å². The highest BCUT2D eigenvalue weighted by Gasteiger charge is 2.36. The molecule has 1 fully saturated rings. The lowest BCUT2D eigenvalue weighted by Gasteiger charge is -2.33. The largest absolute Gasteiger partial charge is 0.573 e. The summed E-state index contributed by atoms with van der Waals surface area (Å²) in [7, 11) is -4.12. The number of rotatable bonds is 5. The Kier molecular flexibility index (Phi) is 6.13. The molecule has 0 radical (unpaired) electrons. The molecule has 0 bridgehead atoms. The first-order valence-electron chi connectivity index (χ1n) is 7.02. The Morgan fingerprint density at radius 3 is 2.38 bits per heavy atom. The third-order valence-electron chi connectivity index (χ3n) is 3.50. The first kappa shape index (κ1) is 19.4. The number of halogens is 4. The molecule has 1 aliphatic heterocycles. The van der Waals surface area contributed by atoms with Gasteiger partial charge in [-0.15, -0.1) is 13.2 Å². The van der Waals surface area contributed by atoms with Crippen LogP contribution >= 0.6 is 15.9 Å². The van der Waals surface area contributed by atoms with Crippen molar-refractivity contribution >= 4 is 26.0 Å². The molecule has 1 aromatic carbocycles. The Balaban J connectivity index is 2.26. The molecule has 0 spiro atoms. The van der Waals surface area contributed by atoms with Gasteiger partial charge in [-0.25, -0.2) is 8.42 Å². The highest BCUT2D eigenvalue weighted by Crippen LogP contribution is 2.34. The van der Waals surface area contributed by atoms with E-state index in [9.17, 15) is 21.6 Å². The average molecular weight is 433 g/mol. The first-order chi connectivity index (χ1) is 11.1. The lowest BCUT2D eigenvalue weighted by molar-refractivity contribution is -0.275. The molecule has 0 aromatic heterocycles. The van der Waals surface area contributed by atoms with Gasteiger partial charge >= 0.3 is 6.36 Å². The molecule has 136 valence electrons. The number of aliphatic hydroxyl groups excluding tert-OH is 1. The zero-order valence-electron chi connectivity index (χ0n) is 12.5. The van der Waals surface area contributed by atoms with Crippen LogP contribution in [0, 0.1) is 0 Å². The van der Waals surface area contributed by atoms with Crippen molar-refractivity contribution < 1.29 is 31.4 Å². The maximum atomic E-state index is 12.7. The summed E-state index contributed by atoms with van der Waals surface area (Å²) in [6.45, 7) is 1.43. The molecule has 1 N–H and O–H groups in total. The second-order valence-corrected chi connectivity index (χ2v) is 7.93. The van der Waals surface area contributed by atoms with Gasteiger partial charge in [0.15, 0.2) is 5.75 Å². The molecule has 1 saturated heterocycles. The Morgan fingerprint density at radius 1 is 1.21 bits per heavy atom. The number of alkyl halides is 3. The van der Waals surface area contributed by atoms with Crippen LogP contribution in [0.25, 0.3) is 0 Å². The summed E-state index contributed by atoms with van der Waals surface area (Å²) in [6.07, 6.45) is -5.00. The van der Waals surface area contributed by atoms with Crippen LogP contribution < -0.4 is 4.74 Å². The van der Waals surface area contributed by atoms with Gasteiger partial charge in [-0.1, -0.05) is 15.9 Å². The van der Waals surface area contributed by atoms with Crippen molar-refractivity contribution in [2.45, 2.75) is 11.3 Å². The van der Waals surface area contributed by atoms with Crippen molar-refractivity contribution in [1.82, 2.24) is 9.21 Å². The normalized spacial score (nSPS) is 17.9. The van der Waals surface area contributed by atoms with E-state index in [0.717, 1.165) is 16.4 Å². The predicted octanol–water partition coefficient (Wildman–Crippen LogP) is 1.65. The van der Waals surface area contributed by atoms with Gasteiger partial charge in [0.1, 0.15) is 4.90 Å². The number of piperazine rings is 1. The Labute approximate surface area is 146 Å². The van der Waals surface area contributed by atoms with Gasteiger partial charge in [0.25, 0.3) is 0 Å². The molecule has 0 unspecified atom stereocenters. The summed E-state index contributed by atoms with van der Waals surface area (Å²) in [5.41, 5.74) is 0. The van der Waals surface area contributed by atoms with Crippen molar-refractivity contribution in [3.63, 3.8) is 0 Å². The Bertz CT molecular complexity index is 676. The van der Waals surface area contributed by atoms with Crippen molar-refractivity contribution in [2.24, 2.45) is 0 Å². The molecule has 1 heterocycles. The molecular formula is C13H16BrF3N2O4S. The van der Waals surface area contributed by atoms with E-state index in [4.69, 9.17) is 5.11 Å². The summed E-state index contributed by atoms with van der Waals surface area (Å²) in [4.78, 5) is 1.35. The van der Waals surface area contributed by atoms with E-state index in [1.165, 1.54) is 6.07 Å². The fourth-order valence-corrected chi connectivity index (χ4v) is 4.23. The highest BCUT2D eigenvalue weighted by atomic mass is 79.9. The third kappa shape index (κ3) is 4.82. The molecule has 1 aromatic rings. The van der Waals surface area contributed by atoms with Gasteiger partial charge < -0.3 is 9.84 Å². The monoisotopic (exact) mass is 432 g/mol. The molecule has 0 aliphatic carbocycles. The zero-order chi connectivity index (χ0) is 18.0. The lowest BCUT2D eigenvalue weighted by Crippen LogP contribution is -2.49. The van der Waals surface area contributed by atoms with E-state index in [0.29, 0.717) is 19.6 Å². The second kappa shape index (κ2) is 7.56. The highest BCUT2D eigenvalue weighted by molar-refractivity contribution is 9.10. The maximum absolute atomic E-state index is 12.7. The molecule has 2 rings (SSSR count). The van der Waals surface area contributed by atoms with Crippen molar-refractivity contribution in [2.75, 3.05) is 39.3 Å². The lowest BCUT2D eigenvalue weighted by atomic mass is 10.3. The quantitative estimate of drug-likeness (QED) is 0.765. The maximum Gasteiger partial charge on any atom is 0.573 e. The van der Waals surface area contributed by atoms with Gasteiger partial charge in [-0.05, 0) is 18.2 Å². The van der Waals surface area contributed by atoms with E-state index < -0.39 is 27.0 Å². The number of nitrogens with zero attached hydrogens (tertiary/aromatic N) is 2. The minimum atomic E-state index is -5.00. The van der Waals surface area contributed by atoms with Crippen molar-refractivity contribution in [3.8, 4) is 5.75 Å². The number of hydrogen-bond donors (Lipinski definition) is 1. The van der Waals surface area contributed by atoms with E-state index in [2.05, 4.69) is 20.7 Å². The van der Waals surface area contributed by atoms with E-state index in [1.807, 2.05) is 4.90 Å². The third-order valence-corrected chi connectivity index (χ3v) is 5.93. The van der Waals surface area contributed by atoms with Crippen LogP contribution in [0.1, 0.15) is 0 Å². The Hall–Kier alpha value is -0.880. The van der Waals surface area contributed by atoms with Crippen molar-refractivity contribution in [1.29, 1.82) is 0 Å². The molecular weight excluding hydrogens is 417 g/mol. The van der Waals surface area contributed by atoms with Crippen LogP contribution in [0.3, 0.4) is 0 Å². The van der Waals surface area contributed by atoms with Crippen LogP contribution in [0.2, 0.25) is 0 Å². The summed E-state index contributed by atoms with van der Waals surface area (Å²) < 4.78 is 68.2. The van der Waals surface area contributed by atoms with E-state index >= 15 is 0 Å². The fourth-order valence-electron chi connectivity index (χ4n) is 2.37. The fraction of sp³-hybridized carbons (Fsp3) is 0.538. The minimum absolute atomic E-state index is 0.0387. The van der Waals surface area contributed by atoms with Crippen molar-refractivity contribution in [3.05, 3.63) is 22.7 Å².